The van der Waals surface area contributed by atoms with Crippen molar-refractivity contribution in [3.8, 4) is 0 Å². The van der Waals surface area contributed by atoms with Crippen molar-refractivity contribution in [3.05, 3.63) is 22.4 Å². The molecule has 1 heterocycles. The zero-order chi connectivity index (χ0) is 13.8. The highest BCUT2D eigenvalue weighted by atomic mass is 32.1. The number of rotatable bonds is 5. The summed E-state index contributed by atoms with van der Waals surface area (Å²) in [6.45, 7) is -0.356. The molecular formula is C10H10F3NO3S. The van der Waals surface area contributed by atoms with Crippen LogP contribution < -0.4 is 5.32 Å². The van der Waals surface area contributed by atoms with E-state index in [9.17, 15) is 22.8 Å². The lowest BCUT2D eigenvalue weighted by atomic mass is 10.0. The third-order valence-electron chi connectivity index (χ3n) is 2.13. The largest absolute Gasteiger partial charge is 0.481 e. The second-order valence-corrected chi connectivity index (χ2v) is 4.50. The fraction of sp³-hybridized carbons (Fsp3) is 0.400. The van der Waals surface area contributed by atoms with E-state index in [-0.39, 0.29) is 13.0 Å². The van der Waals surface area contributed by atoms with Gasteiger partial charge in [0.05, 0.1) is 6.42 Å². The fourth-order valence-corrected chi connectivity index (χ4v) is 2.15. The SMILES string of the molecule is O=C(O)CC(CNC(=O)C(F)(F)F)c1cccs1. The number of alkyl halides is 3. The molecule has 1 rings (SSSR count). The molecule has 0 aromatic carbocycles. The Morgan fingerprint density at radius 2 is 2.11 bits per heavy atom. The van der Waals surface area contributed by atoms with Gasteiger partial charge in [-0.05, 0) is 11.4 Å². The van der Waals surface area contributed by atoms with Gasteiger partial charge < -0.3 is 10.4 Å². The summed E-state index contributed by atoms with van der Waals surface area (Å²) < 4.78 is 35.9. The van der Waals surface area contributed by atoms with E-state index in [0.717, 1.165) is 0 Å². The molecule has 18 heavy (non-hydrogen) atoms. The maximum absolute atomic E-state index is 12.0. The number of carboxylic acids is 1. The van der Waals surface area contributed by atoms with E-state index in [0.29, 0.717) is 4.88 Å². The van der Waals surface area contributed by atoms with Crippen LogP contribution in [0, 0.1) is 0 Å². The van der Waals surface area contributed by atoms with Gasteiger partial charge in [-0.25, -0.2) is 0 Å². The topological polar surface area (TPSA) is 66.4 Å². The smallest absolute Gasteiger partial charge is 0.471 e. The molecule has 1 aromatic heterocycles. The highest BCUT2D eigenvalue weighted by Crippen LogP contribution is 2.24. The highest BCUT2D eigenvalue weighted by molar-refractivity contribution is 7.10. The van der Waals surface area contributed by atoms with Crippen LogP contribution in [0.15, 0.2) is 17.5 Å². The van der Waals surface area contributed by atoms with E-state index >= 15 is 0 Å². The van der Waals surface area contributed by atoms with E-state index in [2.05, 4.69) is 0 Å². The molecule has 0 saturated carbocycles. The number of carboxylic acid groups (broad SMARTS) is 1. The normalized spacial score (nSPS) is 13.1. The van der Waals surface area contributed by atoms with Crippen LogP contribution in [-0.4, -0.2) is 29.7 Å². The van der Waals surface area contributed by atoms with E-state index in [1.807, 2.05) is 0 Å². The van der Waals surface area contributed by atoms with Crippen LogP contribution >= 0.6 is 11.3 Å². The molecule has 0 aliphatic heterocycles. The van der Waals surface area contributed by atoms with Crippen LogP contribution in [0.25, 0.3) is 0 Å². The third kappa shape index (κ3) is 4.36. The number of aliphatic carboxylic acids is 1. The maximum Gasteiger partial charge on any atom is 0.471 e. The van der Waals surface area contributed by atoms with Crippen molar-refractivity contribution in [2.45, 2.75) is 18.5 Å². The number of nitrogens with one attached hydrogen (secondary N) is 1. The molecule has 0 radical (unpaired) electrons. The zero-order valence-electron chi connectivity index (χ0n) is 9.03. The van der Waals surface area contributed by atoms with Crippen molar-refractivity contribution in [1.29, 1.82) is 0 Å². The summed E-state index contributed by atoms with van der Waals surface area (Å²) in [6.07, 6.45) is -5.29. The summed E-state index contributed by atoms with van der Waals surface area (Å²) in [5.41, 5.74) is 0. The van der Waals surface area contributed by atoms with E-state index in [1.54, 1.807) is 22.8 Å². The van der Waals surface area contributed by atoms with Crippen molar-refractivity contribution in [3.63, 3.8) is 0 Å². The molecule has 0 bridgehead atoms. The van der Waals surface area contributed by atoms with Gasteiger partial charge in [-0.3, -0.25) is 9.59 Å². The zero-order valence-corrected chi connectivity index (χ0v) is 9.85. The van der Waals surface area contributed by atoms with Crippen LogP contribution in [0.2, 0.25) is 0 Å². The van der Waals surface area contributed by atoms with Crippen LogP contribution in [-0.2, 0) is 9.59 Å². The lowest BCUT2D eigenvalue weighted by Crippen LogP contribution is -2.39. The highest BCUT2D eigenvalue weighted by Gasteiger charge is 2.38. The van der Waals surface area contributed by atoms with Gasteiger partial charge in [0.2, 0.25) is 0 Å². The Hall–Kier alpha value is -1.57. The van der Waals surface area contributed by atoms with Gasteiger partial charge in [-0.15, -0.1) is 11.3 Å². The van der Waals surface area contributed by atoms with Crippen molar-refractivity contribution in [1.82, 2.24) is 5.32 Å². The molecule has 0 fully saturated rings. The monoisotopic (exact) mass is 281 g/mol. The molecule has 1 aromatic rings. The number of hydrogen-bond acceptors (Lipinski definition) is 3. The summed E-state index contributed by atoms with van der Waals surface area (Å²) in [6, 6.07) is 3.29. The lowest BCUT2D eigenvalue weighted by Gasteiger charge is -2.15. The number of carbonyl (C=O) groups excluding carboxylic acids is 1. The Morgan fingerprint density at radius 1 is 1.44 bits per heavy atom. The Kier molecular flexibility index (Phi) is 4.71. The van der Waals surface area contributed by atoms with Crippen molar-refractivity contribution in [2.24, 2.45) is 0 Å². The van der Waals surface area contributed by atoms with Crippen LogP contribution in [0.1, 0.15) is 17.2 Å². The standard InChI is InChI=1S/C10H10F3NO3S/c11-10(12,13)9(17)14-5-6(4-8(15)16)7-2-1-3-18-7/h1-3,6H,4-5H2,(H,14,17)(H,15,16). The third-order valence-corrected chi connectivity index (χ3v) is 3.17. The number of hydrogen-bond donors (Lipinski definition) is 2. The molecule has 2 N–H and O–H groups in total. The first kappa shape index (κ1) is 14.5. The molecule has 8 heteroatoms. The number of halogens is 3. The first-order valence-corrected chi connectivity index (χ1v) is 5.79. The first-order chi connectivity index (χ1) is 8.30. The van der Waals surface area contributed by atoms with Gasteiger partial charge in [0, 0.05) is 17.3 Å². The molecule has 1 amide bonds. The average molecular weight is 281 g/mol. The van der Waals surface area contributed by atoms with E-state index in [1.165, 1.54) is 11.3 Å². The molecule has 0 aliphatic rings. The Balaban J connectivity index is 2.63. The van der Waals surface area contributed by atoms with Gasteiger partial charge >= 0.3 is 18.1 Å². The van der Waals surface area contributed by atoms with Crippen molar-refractivity contribution in [2.75, 3.05) is 6.54 Å². The summed E-state index contributed by atoms with van der Waals surface area (Å²) in [5, 5.41) is 12.1. The predicted octanol–water partition coefficient (Wildman–Crippen LogP) is 1.98. The van der Waals surface area contributed by atoms with Crippen LogP contribution in [0.5, 0.6) is 0 Å². The number of thiophene rings is 1. The second kappa shape index (κ2) is 5.85. The van der Waals surface area contributed by atoms with Crippen molar-refractivity contribution < 1.29 is 27.9 Å². The van der Waals surface area contributed by atoms with E-state index in [4.69, 9.17) is 5.11 Å². The molecular weight excluding hydrogens is 271 g/mol. The average Bonchev–Trinajstić information content (AvgIpc) is 2.74. The van der Waals surface area contributed by atoms with Gasteiger partial charge in [0.15, 0.2) is 0 Å². The van der Waals surface area contributed by atoms with Crippen LogP contribution in [0.3, 0.4) is 0 Å². The quantitative estimate of drug-likeness (QED) is 0.867. The molecule has 1 unspecified atom stereocenters. The minimum atomic E-state index is -4.96. The summed E-state index contributed by atoms with van der Waals surface area (Å²) >= 11 is 1.24. The van der Waals surface area contributed by atoms with Crippen molar-refractivity contribution >= 4 is 23.2 Å². The van der Waals surface area contributed by atoms with Crippen LogP contribution in [0.4, 0.5) is 13.2 Å². The molecule has 0 aliphatic carbocycles. The summed E-state index contributed by atoms with van der Waals surface area (Å²) in [5.74, 6) is -3.85. The molecule has 0 saturated heterocycles. The molecule has 1 atom stereocenters. The predicted molar refractivity (Wildman–Crippen MR) is 58.4 cm³/mol. The minimum Gasteiger partial charge on any atom is -0.481 e. The number of carbonyl (C=O) groups is 2. The van der Waals surface area contributed by atoms with E-state index < -0.39 is 24.0 Å². The minimum absolute atomic E-state index is 0.335. The Bertz CT molecular complexity index is 417. The van der Waals surface area contributed by atoms with Gasteiger partial charge in [-0.1, -0.05) is 6.07 Å². The Labute approximate surface area is 104 Å². The summed E-state index contributed by atoms with van der Waals surface area (Å²) in [4.78, 5) is 21.9. The van der Waals surface area contributed by atoms with Gasteiger partial charge in [0.25, 0.3) is 0 Å². The molecule has 100 valence electrons. The number of amides is 1. The van der Waals surface area contributed by atoms with Gasteiger partial charge in [0.1, 0.15) is 0 Å². The molecule has 4 nitrogen and oxygen atoms in total. The Morgan fingerprint density at radius 3 is 2.56 bits per heavy atom. The van der Waals surface area contributed by atoms with Gasteiger partial charge in [-0.2, -0.15) is 13.2 Å². The fourth-order valence-electron chi connectivity index (χ4n) is 1.32. The maximum atomic E-state index is 12.0. The second-order valence-electron chi connectivity index (χ2n) is 3.52. The first-order valence-electron chi connectivity index (χ1n) is 4.91. The lowest BCUT2D eigenvalue weighted by molar-refractivity contribution is -0.173. The molecule has 0 spiro atoms. The summed E-state index contributed by atoms with van der Waals surface area (Å²) in [7, 11) is 0.